The molecule has 2 N–H and O–H groups in total. The number of hydrogen-bond acceptors (Lipinski definition) is 6. The lowest BCUT2D eigenvalue weighted by atomic mass is 9.88. The molecule has 0 radical (unpaired) electrons. The number of unbranched alkanes of at least 4 members (excludes halogenated alkanes) is 2. The van der Waals surface area contributed by atoms with E-state index >= 15 is 0 Å². The normalized spacial score (nSPS) is 20.1. The zero-order valence-corrected chi connectivity index (χ0v) is 25.7. The minimum absolute atomic E-state index is 0.0995. The lowest BCUT2D eigenvalue weighted by molar-refractivity contribution is -0.111. The first-order chi connectivity index (χ1) is 18.9. The number of carbonyl (C=O) groups excluding carboxylic acids is 2. The van der Waals surface area contributed by atoms with Gasteiger partial charge in [0.05, 0.1) is 31.4 Å². The van der Waals surface area contributed by atoms with Crippen molar-refractivity contribution in [2.45, 2.75) is 79.1 Å². The van der Waals surface area contributed by atoms with Crippen molar-refractivity contribution in [2.75, 3.05) is 13.2 Å². The van der Waals surface area contributed by atoms with Crippen LogP contribution in [0.4, 0.5) is 0 Å². The molecule has 0 bridgehead atoms. The Balaban J connectivity index is 1.77. The molecule has 1 aromatic rings. The molecule has 2 aliphatic rings. The Bertz CT molecular complexity index is 1200. The van der Waals surface area contributed by atoms with Crippen LogP contribution in [0.5, 0.6) is 0 Å². The summed E-state index contributed by atoms with van der Waals surface area (Å²) in [6.45, 7) is 8.20. The van der Waals surface area contributed by atoms with Gasteiger partial charge in [-0.15, -0.1) is 0 Å². The van der Waals surface area contributed by atoms with Gasteiger partial charge in [-0.1, -0.05) is 64.8 Å². The van der Waals surface area contributed by atoms with Crippen LogP contribution in [0.3, 0.4) is 0 Å². The molecule has 2 heterocycles. The van der Waals surface area contributed by atoms with Crippen molar-refractivity contribution in [3.05, 3.63) is 69.5 Å². The van der Waals surface area contributed by atoms with Crippen LogP contribution in [-0.4, -0.2) is 43.4 Å². The number of allylic oxidation sites excluding steroid dienone is 6. The smallest absolute Gasteiger partial charge is 0.180 e. The van der Waals surface area contributed by atoms with Gasteiger partial charge in [-0.3, -0.25) is 9.59 Å². The van der Waals surface area contributed by atoms with Crippen molar-refractivity contribution in [1.29, 1.82) is 0 Å². The molecule has 0 saturated heterocycles. The molecule has 1 aromatic carbocycles. The number of ketones is 2. The second kappa shape index (κ2) is 14.1. The van der Waals surface area contributed by atoms with Crippen LogP contribution in [0.15, 0.2) is 58.4 Å². The number of benzene rings is 1. The summed E-state index contributed by atoms with van der Waals surface area (Å²) < 4.78 is 27.3. The molecule has 0 spiro atoms. The summed E-state index contributed by atoms with van der Waals surface area (Å²) in [5, 5.41) is 19.0. The van der Waals surface area contributed by atoms with Crippen LogP contribution < -0.4 is 0 Å². The molecule has 8 heteroatoms. The standard InChI is InChI=1S/C32H42O6S2/c1-31(2,21-33)15-9-7-11-25-17-23(35)19-29(39(25)37)27-13-5-6-14-28(27)30-20-24(36)18-26(40(30)38)12-8-10-16-32(3,4)22-34/h5-6,13-14,17-20,33-34H,7-12,15-16,21-22H2,1-4H3. The van der Waals surface area contributed by atoms with Crippen LogP contribution in [0.25, 0.3) is 9.81 Å². The Labute approximate surface area is 243 Å². The van der Waals surface area contributed by atoms with Gasteiger partial charge in [0.25, 0.3) is 0 Å². The highest BCUT2D eigenvalue weighted by Crippen LogP contribution is 2.38. The molecule has 0 saturated carbocycles. The molecule has 0 amide bonds. The minimum Gasteiger partial charge on any atom is -0.396 e. The van der Waals surface area contributed by atoms with E-state index in [2.05, 4.69) is 0 Å². The largest absolute Gasteiger partial charge is 0.396 e. The third-order valence-corrected chi connectivity index (χ3v) is 10.5. The molecule has 218 valence electrons. The van der Waals surface area contributed by atoms with E-state index in [-0.39, 0.29) is 35.6 Å². The third-order valence-electron chi connectivity index (χ3n) is 7.40. The fourth-order valence-electron chi connectivity index (χ4n) is 4.72. The van der Waals surface area contributed by atoms with E-state index in [0.29, 0.717) is 43.6 Å². The van der Waals surface area contributed by atoms with Crippen molar-refractivity contribution in [2.24, 2.45) is 10.8 Å². The van der Waals surface area contributed by atoms with Crippen molar-refractivity contribution in [3.8, 4) is 0 Å². The number of aliphatic hydroxyl groups excluding tert-OH is 2. The molecular formula is C32H42O6S2. The number of hydrogen-bond donors (Lipinski definition) is 2. The average Bonchev–Trinajstić information content (AvgIpc) is 2.92. The molecule has 3 rings (SSSR count). The highest BCUT2D eigenvalue weighted by atomic mass is 32.2. The number of rotatable bonds is 14. The molecule has 0 aliphatic carbocycles. The summed E-state index contributed by atoms with van der Waals surface area (Å²) in [5.41, 5.74) is 0.729. The minimum atomic E-state index is -1.57. The van der Waals surface area contributed by atoms with E-state index in [1.165, 1.54) is 24.3 Å². The molecule has 0 aromatic heterocycles. The summed E-state index contributed by atoms with van der Waals surface area (Å²) in [6.07, 6.45) is 11.5. The van der Waals surface area contributed by atoms with E-state index < -0.39 is 21.6 Å². The van der Waals surface area contributed by atoms with Crippen molar-refractivity contribution >= 4 is 43.0 Å². The molecule has 0 fully saturated rings. The maximum Gasteiger partial charge on any atom is 0.180 e. The molecular weight excluding hydrogens is 544 g/mol. The first-order valence-electron chi connectivity index (χ1n) is 13.9. The zero-order valence-electron chi connectivity index (χ0n) is 24.0. The van der Waals surface area contributed by atoms with E-state index in [4.69, 9.17) is 0 Å². The Morgan fingerprint density at radius 1 is 0.625 bits per heavy atom. The highest BCUT2D eigenvalue weighted by molar-refractivity contribution is 7.99. The summed E-state index contributed by atoms with van der Waals surface area (Å²) in [7, 11) is -3.13. The van der Waals surface area contributed by atoms with Gasteiger partial charge in [0.15, 0.2) is 11.6 Å². The summed E-state index contributed by atoms with van der Waals surface area (Å²) >= 11 is 0. The topological polar surface area (TPSA) is 109 Å². The maximum absolute atomic E-state index is 13.6. The van der Waals surface area contributed by atoms with Gasteiger partial charge in [-0.05, 0) is 72.6 Å². The summed E-state index contributed by atoms with van der Waals surface area (Å²) in [6, 6.07) is 7.08. The predicted octanol–water partition coefficient (Wildman–Crippen LogP) is 5.96. The quantitative estimate of drug-likeness (QED) is 0.261. The zero-order chi connectivity index (χ0) is 29.5. The van der Waals surface area contributed by atoms with E-state index in [1.807, 2.05) is 27.7 Å². The van der Waals surface area contributed by atoms with Crippen molar-refractivity contribution < 1.29 is 28.2 Å². The van der Waals surface area contributed by atoms with Gasteiger partial charge in [-0.25, -0.2) is 8.42 Å². The second-order valence-electron chi connectivity index (χ2n) is 12.2. The molecule has 40 heavy (non-hydrogen) atoms. The van der Waals surface area contributed by atoms with Gasteiger partial charge >= 0.3 is 0 Å². The molecule has 2 aliphatic heterocycles. The van der Waals surface area contributed by atoms with Crippen LogP contribution in [0.1, 0.15) is 90.2 Å². The van der Waals surface area contributed by atoms with Gasteiger partial charge in [-0.2, -0.15) is 0 Å². The monoisotopic (exact) mass is 586 g/mol. The first-order valence-corrected chi connectivity index (χ1v) is 16.2. The lowest BCUT2D eigenvalue weighted by Crippen LogP contribution is -2.16. The average molecular weight is 587 g/mol. The first kappa shape index (κ1) is 32.3. The van der Waals surface area contributed by atoms with Crippen LogP contribution in [0, 0.1) is 10.8 Å². The Kier molecular flexibility index (Phi) is 11.4. The Hall–Kier alpha value is -2.26. The van der Waals surface area contributed by atoms with Crippen molar-refractivity contribution in [1.82, 2.24) is 0 Å². The third kappa shape index (κ3) is 8.62. The number of carbonyl (C=O) groups is 2. The fraction of sp³-hybridized carbons (Fsp3) is 0.500. The van der Waals surface area contributed by atoms with Gasteiger partial charge < -0.3 is 10.2 Å². The highest BCUT2D eigenvalue weighted by Gasteiger charge is 2.28. The molecule has 2 unspecified atom stereocenters. The van der Waals surface area contributed by atoms with E-state index in [9.17, 15) is 28.2 Å². The predicted molar refractivity (Wildman–Crippen MR) is 164 cm³/mol. The summed E-state index contributed by atoms with van der Waals surface area (Å²) in [4.78, 5) is 27.2. The molecule has 6 nitrogen and oxygen atoms in total. The van der Waals surface area contributed by atoms with Crippen LogP contribution in [-0.2, 0) is 31.2 Å². The Morgan fingerprint density at radius 3 is 1.35 bits per heavy atom. The van der Waals surface area contributed by atoms with Gasteiger partial charge in [0.2, 0.25) is 0 Å². The van der Waals surface area contributed by atoms with Gasteiger partial charge in [0.1, 0.15) is 0 Å². The van der Waals surface area contributed by atoms with Gasteiger partial charge in [0, 0.05) is 35.2 Å². The second-order valence-corrected chi connectivity index (χ2v) is 15.2. The van der Waals surface area contributed by atoms with E-state index in [0.717, 1.165) is 38.5 Å². The number of aliphatic hydroxyl groups is 2. The summed E-state index contributed by atoms with van der Waals surface area (Å²) in [5.74, 6) is -0.479. The Morgan fingerprint density at radius 2 is 1.00 bits per heavy atom. The van der Waals surface area contributed by atoms with E-state index in [1.54, 1.807) is 24.3 Å². The van der Waals surface area contributed by atoms with Crippen molar-refractivity contribution in [3.63, 3.8) is 0 Å². The molecule has 2 atom stereocenters. The van der Waals surface area contributed by atoms with Crippen LogP contribution >= 0.6 is 0 Å². The maximum atomic E-state index is 13.6. The van der Waals surface area contributed by atoms with Crippen LogP contribution in [0.2, 0.25) is 0 Å². The lowest BCUT2D eigenvalue weighted by Gasteiger charge is -2.22. The SMILES string of the molecule is CC(C)(CO)CCCCC1=CC(=O)C=C(c2ccccc2C2=CC(=O)C=C(CCCCC(C)(C)CO)S2=O)S1=O. The fourth-order valence-corrected chi connectivity index (χ4v) is 7.59.